The van der Waals surface area contributed by atoms with Gasteiger partial charge in [0.05, 0.1) is 55.9 Å². The first-order chi connectivity index (χ1) is 18.7. The van der Waals surface area contributed by atoms with Gasteiger partial charge in [0, 0.05) is 5.56 Å². The highest BCUT2D eigenvalue weighted by Crippen LogP contribution is 2.36. The maximum Gasteiger partial charge on any atom is 0.338 e. The number of esters is 1. The van der Waals surface area contributed by atoms with Crippen LogP contribution in [-0.2, 0) is 9.53 Å². The molecule has 1 aliphatic heterocycles. The van der Waals surface area contributed by atoms with Gasteiger partial charge in [-0.1, -0.05) is 17.4 Å². The Morgan fingerprint density at radius 2 is 1.77 bits per heavy atom. The topological polar surface area (TPSA) is 97.6 Å². The van der Waals surface area contributed by atoms with Gasteiger partial charge < -0.3 is 23.7 Å². The van der Waals surface area contributed by atoms with Crippen LogP contribution in [0.25, 0.3) is 6.08 Å². The number of aromatic nitrogens is 1. The fraction of sp³-hybridized carbons (Fsp3) is 0.345. The van der Waals surface area contributed by atoms with Crippen LogP contribution in [0.2, 0.25) is 0 Å². The Hall–Kier alpha value is -4.05. The van der Waals surface area contributed by atoms with Crippen LogP contribution in [0.4, 0.5) is 0 Å². The van der Waals surface area contributed by atoms with Crippen LogP contribution in [0.1, 0.15) is 44.9 Å². The summed E-state index contributed by atoms with van der Waals surface area (Å²) in [6, 6.07) is 9.96. The van der Waals surface area contributed by atoms with E-state index in [1.54, 1.807) is 71.6 Å². The molecule has 9 nitrogen and oxygen atoms in total. The van der Waals surface area contributed by atoms with Gasteiger partial charge in [-0.3, -0.25) is 9.36 Å². The van der Waals surface area contributed by atoms with Crippen LogP contribution in [0, 0.1) is 0 Å². The fourth-order valence-corrected chi connectivity index (χ4v) is 5.44. The zero-order chi connectivity index (χ0) is 28.3. The van der Waals surface area contributed by atoms with E-state index in [0.717, 1.165) is 0 Å². The predicted octanol–water partition coefficient (Wildman–Crippen LogP) is 3.61. The number of ether oxygens (including phenoxy) is 5. The molecule has 0 saturated carbocycles. The van der Waals surface area contributed by atoms with Gasteiger partial charge >= 0.3 is 5.97 Å². The van der Waals surface area contributed by atoms with Crippen molar-refractivity contribution in [2.75, 3.05) is 27.9 Å². The number of carbonyl (C=O) groups is 1. The normalized spacial score (nSPS) is 15.1. The summed E-state index contributed by atoms with van der Waals surface area (Å²) in [5.41, 5.74) is 1.80. The average molecular weight is 553 g/mol. The SMILES string of the molecule is CCOC(=O)C1=C(C)N=c2sc(=Cc3cc(OC)ccc3OC)c(=O)n2C1c1ccc(OC(C)C)c(OC)c1. The Balaban J connectivity index is 1.96. The molecule has 0 aliphatic carbocycles. The quantitative estimate of drug-likeness (QED) is 0.374. The standard InChI is InChI=1S/C29H32N2O7S/c1-8-37-28(33)25-17(4)30-29-31(26(25)18-9-11-22(38-16(2)3)23(14-18)36-7)27(32)24(39-29)15-19-13-20(34-5)10-12-21(19)35-6/h9-16,26H,8H2,1-7H3. The molecule has 2 heterocycles. The molecule has 1 unspecified atom stereocenters. The second-order valence-corrected chi connectivity index (χ2v) is 10.00. The van der Waals surface area contributed by atoms with Crippen molar-refractivity contribution in [2.24, 2.45) is 4.99 Å². The van der Waals surface area contributed by atoms with Crippen molar-refractivity contribution in [3.8, 4) is 23.0 Å². The number of hydrogen-bond donors (Lipinski definition) is 0. The highest BCUT2D eigenvalue weighted by molar-refractivity contribution is 7.07. The number of rotatable bonds is 9. The van der Waals surface area contributed by atoms with E-state index in [9.17, 15) is 9.59 Å². The number of carbonyl (C=O) groups excluding carboxylic acids is 1. The van der Waals surface area contributed by atoms with E-state index in [4.69, 9.17) is 23.7 Å². The number of benzene rings is 2. The number of nitrogens with zero attached hydrogens (tertiary/aromatic N) is 2. The second kappa shape index (κ2) is 11.8. The van der Waals surface area contributed by atoms with Crippen molar-refractivity contribution >= 4 is 23.4 Å². The maximum absolute atomic E-state index is 13.9. The van der Waals surface area contributed by atoms with E-state index in [2.05, 4.69) is 4.99 Å². The molecule has 0 saturated heterocycles. The van der Waals surface area contributed by atoms with Gasteiger partial charge in [0.25, 0.3) is 5.56 Å². The van der Waals surface area contributed by atoms with Crippen molar-refractivity contribution in [1.29, 1.82) is 0 Å². The minimum atomic E-state index is -0.781. The lowest BCUT2D eigenvalue weighted by Crippen LogP contribution is -2.40. The van der Waals surface area contributed by atoms with Crippen LogP contribution in [-0.4, -0.2) is 44.6 Å². The molecule has 0 bridgehead atoms. The molecule has 1 atom stereocenters. The molecule has 4 rings (SSSR count). The van der Waals surface area contributed by atoms with E-state index in [1.807, 2.05) is 19.9 Å². The third-order valence-corrected chi connectivity index (χ3v) is 7.09. The molecule has 206 valence electrons. The third kappa shape index (κ3) is 5.56. The molecule has 0 radical (unpaired) electrons. The number of thiazole rings is 1. The maximum atomic E-state index is 13.9. The molecule has 3 aromatic rings. The Kier molecular flexibility index (Phi) is 8.44. The van der Waals surface area contributed by atoms with Gasteiger partial charge in [-0.15, -0.1) is 0 Å². The lowest BCUT2D eigenvalue weighted by atomic mass is 9.95. The van der Waals surface area contributed by atoms with Crippen LogP contribution in [0.15, 0.2) is 57.5 Å². The van der Waals surface area contributed by atoms with Gasteiger partial charge in [0.15, 0.2) is 16.3 Å². The zero-order valence-corrected chi connectivity index (χ0v) is 23.9. The Bertz CT molecular complexity index is 1600. The summed E-state index contributed by atoms with van der Waals surface area (Å²) >= 11 is 1.23. The molecule has 0 amide bonds. The van der Waals surface area contributed by atoms with Gasteiger partial charge in [0.1, 0.15) is 11.5 Å². The van der Waals surface area contributed by atoms with Crippen molar-refractivity contribution in [3.63, 3.8) is 0 Å². The number of allylic oxidation sites excluding steroid dienone is 1. The summed E-state index contributed by atoms with van der Waals surface area (Å²) in [6.07, 6.45) is 1.68. The first-order valence-corrected chi connectivity index (χ1v) is 13.3. The Labute approximate surface area is 230 Å². The molecule has 0 N–H and O–H groups in total. The number of hydrogen-bond acceptors (Lipinski definition) is 9. The summed E-state index contributed by atoms with van der Waals surface area (Å²) in [6.45, 7) is 7.52. The summed E-state index contributed by atoms with van der Waals surface area (Å²) in [5, 5.41) is 0. The largest absolute Gasteiger partial charge is 0.497 e. The summed E-state index contributed by atoms with van der Waals surface area (Å²) < 4.78 is 29.7. The molecular formula is C29H32N2O7S. The first-order valence-electron chi connectivity index (χ1n) is 12.5. The van der Waals surface area contributed by atoms with Crippen LogP contribution in [0.5, 0.6) is 23.0 Å². The minimum Gasteiger partial charge on any atom is -0.497 e. The highest BCUT2D eigenvalue weighted by atomic mass is 32.1. The molecule has 1 aromatic heterocycles. The zero-order valence-electron chi connectivity index (χ0n) is 23.1. The Morgan fingerprint density at radius 3 is 2.41 bits per heavy atom. The van der Waals surface area contributed by atoms with Crippen LogP contribution < -0.4 is 33.8 Å². The highest BCUT2D eigenvalue weighted by Gasteiger charge is 2.34. The van der Waals surface area contributed by atoms with Crippen molar-refractivity contribution in [2.45, 2.75) is 39.8 Å². The number of methoxy groups -OCH3 is 3. The minimum absolute atomic E-state index is 0.0618. The lowest BCUT2D eigenvalue weighted by Gasteiger charge is -2.25. The molecule has 39 heavy (non-hydrogen) atoms. The molecular weight excluding hydrogens is 520 g/mol. The predicted molar refractivity (Wildman–Crippen MR) is 149 cm³/mol. The van der Waals surface area contributed by atoms with Crippen molar-refractivity contribution in [1.82, 2.24) is 4.57 Å². The molecule has 0 spiro atoms. The van der Waals surface area contributed by atoms with Gasteiger partial charge in [-0.25, -0.2) is 9.79 Å². The fourth-order valence-electron chi connectivity index (χ4n) is 4.41. The molecule has 1 aliphatic rings. The molecule has 10 heteroatoms. The van der Waals surface area contributed by atoms with Gasteiger partial charge in [0.2, 0.25) is 0 Å². The second-order valence-electron chi connectivity index (χ2n) is 8.99. The smallest absolute Gasteiger partial charge is 0.338 e. The summed E-state index contributed by atoms with van der Waals surface area (Å²) in [4.78, 5) is 32.2. The third-order valence-electron chi connectivity index (χ3n) is 6.11. The first kappa shape index (κ1) is 28.0. The van der Waals surface area contributed by atoms with E-state index < -0.39 is 12.0 Å². The average Bonchev–Trinajstić information content (AvgIpc) is 3.21. The monoisotopic (exact) mass is 552 g/mol. The van der Waals surface area contributed by atoms with Crippen molar-refractivity contribution in [3.05, 3.63) is 78.5 Å². The van der Waals surface area contributed by atoms with Crippen LogP contribution >= 0.6 is 11.3 Å². The molecule has 0 fully saturated rings. The van der Waals surface area contributed by atoms with Gasteiger partial charge in [-0.2, -0.15) is 0 Å². The Morgan fingerprint density at radius 1 is 1.05 bits per heavy atom. The van der Waals surface area contributed by atoms with Gasteiger partial charge in [-0.05, 0) is 69.7 Å². The van der Waals surface area contributed by atoms with E-state index >= 15 is 0 Å². The summed E-state index contributed by atoms with van der Waals surface area (Å²) in [7, 11) is 4.69. The lowest BCUT2D eigenvalue weighted by molar-refractivity contribution is -0.139. The van der Waals surface area contributed by atoms with E-state index in [-0.39, 0.29) is 23.8 Å². The number of fused-ring (bicyclic) bond motifs is 1. The molecule has 2 aromatic carbocycles. The van der Waals surface area contributed by atoms with Crippen molar-refractivity contribution < 1.29 is 28.5 Å². The van der Waals surface area contributed by atoms with Crippen LogP contribution in [0.3, 0.4) is 0 Å². The van der Waals surface area contributed by atoms with E-state index in [0.29, 0.717) is 49.2 Å². The van der Waals surface area contributed by atoms with E-state index in [1.165, 1.54) is 15.9 Å². The summed E-state index contributed by atoms with van der Waals surface area (Å²) in [5.74, 6) is 1.74.